The first kappa shape index (κ1) is 15.5. The van der Waals surface area contributed by atoms with Crippen molar-refractivity contribution >= 4 is 11.9 Å². The van der Waals surface area contributed by atoms with Crippen molar-refractivity contribution in [1.82, 2.24) is 4.90 Å². The summed E-state index contributed by atoms with van der Waals surface area (Å²) in [4.78, 5) is 25.4. The predicted octanol–water partition coefficient (Wildman–Crippen LogP) is 2.97. The quantitative estimate of drug-likeness (QED) is 0.927. The van der Waals surface area contributed by atoms with E-state index in [0.717, 1.165) is 25.1 Å². The molecule has 1 N–H and O–H groups in total. The Labute approximate surface area is 125 Å². The van der Waals surface area contributed by atoms with Gasteiger partial charge in [0.1, 0.15) is 0 Å². The summed E-state index contributed by atoms with van der Waals surface area (Å²) in [5, 5.41) is 9.16. The largest absolute Gasteiger partial charge is 0.478 e. The summed E-state index contributed by atoms with van der Waals surface area (Å²) in [5.74, 6) is -0.229. The first-order chi connectivity index (χ1) is 10.1. The minimum Gasteiger partial charge on any atom is -0.478 e. The molecule has 1 fully saturated rings. The van der Waals surface area contributed by atoms with Gasteiger partial charge in [0.25, 0.3) is 0 Å². The topological polar surface area (TPSA) is 57.6 Å². The second kappa shape index (κ2) is 7.25. The number of likely N-dealkylation sites (tertiary alicyclic amines) is 1. The molecule has 0 aromatic heterocycles. The van der Waals surface area contributed by atoms with E-state index in [-0.39, 0.29) is 5.91 Å². The number of carboxylic acid groups (broad SMARTS) is 1. The van der Waals surface area contributed by atoms with Gasteiger partial charge in [0.2, 0.25) is 5.91 Å². The first-order valence-corrected chi connectivity index (χ1v) is 7.67. The fraction of sp³-hybridized carbons (Fsp3) is 0.529. The minimum atomic E-state index is -0.929. The molecule has 0 saturated carbocycles. The Balaban J connectivity index is 1.96. The molecule has 4 heteroatoms. The van der Waals surface area contributed by atoms with Crippen LogP contribution in [0.3, 0.4) is 0 Å². The number of hydrogen-bond acceptors (Lipinski definition) is 2. The molecule has 1 aliphatic rings. The van der Waals surface area contributed by atoms with Crippen LogP contribution in [0.1, 0.15) is 48.5 Å². The lowest BCUT2D eigenvalue weighted by Gasteiger charge is -2.23. The minimum absolute atomic E-state index is 0.143. The Morgan fingerprint density at radius 3 is 2.81 bits per heavy atom. The number of aryl methyl sites for hydroxylation is 1. The van der Waals surface area contributed by atoms with Gasteiger partial charge in [-0.05, 0) is 36.8 Å². The maximum atomic E-state index is 12.3. The third-order valence-electron chi connectivity index (χ3n) is 4.12. The van der Waals surface area contributed by atoms with Crippen molar-refractivity contribution in [3.05, 3.63) is 35.4 Å². The number of nitrogens with zero attached hydrogens (tertiary/aromatic N) is 1. The Hall–Kier alpha value is -1.84. The van der Waals surface area contributed by atoms with E-state index in [1.54, 1.807) is 18.2 Å². The van der Waals surface area contributed by atoms with Crippen molar-refractivity contribution in [2.24, 2.45) is 5.92 Å². The molecule has 1 aromatic carbocycles. The third-order valence-corrected chi connectivity index (χ3v) is 4.12. The Morgan fingerprint density at radius 1 is 1.29 bits per heavy atom. The highest BCUT2D eigenvalue weighted by molar-refractivity contribution is 5.89. The Bertz CT molecular complexity index is 513. The van der Waals surface area contributed by atoms with Gasteiger partial charge in [-0.3, -0.25) is 4.79 Å². The van der Waals surface area contributed by atoms with Crippen LogP contribution in [0.15, 0.2) is 24.3 Å². The van der Waals surface area contributed by atoms with Gasteiger partial charge >= 0.3 is 5.97 Å². The van der Waals surface area contributed by atoms with Crippen LogP contribution in [0.25, 0.3) is 0 Å². The normalized spacial score (nSPS) is 19.1. The molecule has 0 spiro atoms. The Kier molecular flexibility index (Phi) is 5.37. The van der Waals surface area contributed by atoms with Crippen LogP contribution in [0.5, 0.6) is 0 Å². The molecule has 2 rings (SSSR count). The van der Waals surface area contributed by atoms with Crippen molar-refractivity contribution in [3.63, 3.8) is 0 Å². The molecule has 4 nitrogen and oxygen atoms in total. The molecule has 0 aliphatic carbocycles. The van der Waals surface area contributed by atoms with Crippen molar-refractivity contribution in [1.29, 1.82) is 0 Å². The fourth-order valence-corrected chi connectivity index (χ4v) is 2.93. The molecule has 1 amide bonds. The van der Waals surface area contributed by atoms with Gasteiger partial charge in [0.15, 0.2) is 0 Å². The highest BCUT2D eigenvalue weighted by Crippen LogP contribution is 2.17. The van der Waals surface area contributed by atoms with E-state index in [2.05, 4.69) is 6.92 Å². The zero-order valence-electron chi connectivity index (χ0n) is 12.5. The number of amides is 1. The molecule has 1 heterocycles. The van der Waals surface area contributed by atoms with E-state index in [0.29, 0.717) is 24.3 Å². The van der Waals surface area contributed by atoms with Crippen molar-refractivity contribution < 1.29 is 14.7 Å². The summed E-state index contributed by atoms with van der Waals surface area (Å²) < 4.78 is 0. The number of aromatic carboxylic acids is 1. The zero-order valence-corrected chi connectivity index (χ0v) is 12.5. The number of hydrogen-bond donors (Lipinski definition) is 1. The molecule has 0 radical (unpaired) electrons. The predicted molar refractivity (Wildman–Crippen MR) is 81.3 cm³/mol. The summed E-state index contributed by atoms with van der Waals surface area (Å²) in [6, 6.07) is 6.92. The SMILES string of the molecule is CC1CCCCN(C(=O)CCc2ccccc2C(=O)O)C1. The van der Waals surface area contributed by atoms with Gasteiger partial charge in [-0.2, -0.15) is 0 Å². The lowest BCUT2D eigenvalue weighted by Crippen LogP contribution is -2.34. The summed E-state index contributed by atoms with van der Waals surface area (Å²) in [7, 11) is 0. The number of carbonyl (C=O) groups is 2. The van der Waals surface area contributed by atoms with Crippen molar-refractivity contribution in [3.8, 4) is 0 Å². The lowest BCUT2D eigenvalue weighted by atomic mass is 10.0. The molecule has 1 atom stereocenters. The monoisotopic (exact) mass is 289 g/mol. The average Bonchev–Trinajstić information content (AvgIpc) is 2.69. The second-order valence-electron chi connectivity index (χ2n) is 5.90. The van der Waals surface area contributed by atoms with Crippen LogP contribution >= 0.6 is 0 Å². The molecule has 0 bridgehead atoms. The number of rotatable bonds is 4. The van der Waals surface area contributed by atoms with E-state index in [4.69, 9.17) is 5.11 Å². The van der Waals surface area contributed by atoms with E-state index < -0.39 is 5.97 Å². The number of carbonyl (C=O) groups excluding carboxylic acids is 1. The highest BCUT2D eigenvalue weighted by Gasteiger charge is 2.19. The zero-order chi connectivity index (χ0) is 15.2. The summed E-state index contributed by atoms with van der Waals surface area (Å²) in [6.07, 6.45) is 4.32. The van der Waals surface area contributed by atoms with Crippen LogP contribution in [-0.2, 0) is 11.2 Å². The average molecular weight is 289 g/mol. The molecular formula is C17H23NO3. The van der Waals surface area contributed by atoms with Crippen LogP contribution in [0.4, 0.5) is 0 Å². The van der Waals surface area contributed by atoms with Crippen molar-refractivity contribution in [2.45, 2.75) is 39.0 Å². The van der Waals surface area contributed by atoms with Crippen LogP contribution in [0.2, 0.25) is 0 Å². The maximum Gasteiger partial charge on any atom is 0.335 e. The van der Waals surface area contributed by atoms with Gasteiger partial charge < -0.3 is 10.0 Å². The van der Waals surface area contributed by atoms with E-state index in [1.165, 1.54) is 12.8 Å². The first-order valence-electron chi connectivity index (χ1n) is 7.67. The standard InChI is InChI=1S/C17H23NO3/c1-13-6-4-5-11-18(12-13)16(19)10-9-14-7-2-3-8-15(14)17(20)21/h2-3,7-8,13H,4-6,9-12H2,1H3,(H,20,21). The molecular weight excluding hydrogens is 266 g/mol. The molecule has 1 aromatic rings. The molecule has 1 aliphatic heterocycles. The second-order valence-corrected chi connectivity index (χ2v) is 5.90. The van der Waals surface area contributed by atoms with Crippen LogP contribution in [0, 0.1) is 5.92 Å². The molecule has 1 unspecified atom stereocenters. The lowest BCUT2D eigenvalue weighted by molar-refractivity contribution is -0.131. The van der Waals surface area contributed by atoms with Gasteiger partial charge in [0.05, 0.1) is 5.56 Å². The summed E-state index contributed by atoms with van der Waals surface area (Å²) in [6.45, 7) is 3.86. The fourth-order valence-electron chi connectivity index (χ4n) is 2.93. The number of carboxylic acids is 1. The maximum absolute atomic E-state index is 12.3. The van der Waals surface area contributed by atoms with E-state index >= 15 is 0 Å². The Morgan fingerprint density at radius 2 is 2.05 bits per heavy atom. The molecule has 114 valence electrons. The van der Waals surface area contributed by atoms with Crippen LogP contribution < -0.4 is 0 Å². The number of benzene rings is 1. The third kappa shape index (κ3) is 4.31. The summed E-state index contributed by atoms with van der Waals surface area (Å²) >= 11 is 0. The highest BCUT2D eigenvalue weighted by atomic mass is 16.4. The van der Waals surface area contributed by atoms with E-state index in [9.17, 15) is 9.59 Å². The molecule has 1 saturated heterocycles. The molecule has 21 heavy (non-hydrogen) atoms. The van der Waals surface area contributed by atoms with E-state index in [1.807, 2.05) is 11.0 Å². The van der Waals surface area contributed by atoms with Crippen molar-refractivity contribution in [2.75, 3.05) is 13.1 Å². The summed E-state index contributed by atoms with van der Waals surface area (Å²) in [5.41, 5.74) is 1.04. The smallest absolute Gasteiger partial charge is 0.335 e. The van der Waals surface area contributed by atoms with Crippen LogP contribution in [-0.4, -0.2) is 35.0 Å². The van der Waals surface area contributed by atoms with Gasteiger partial charge in [-0.15, -0.1) is 0 Å². The van der Waals surface area contributed by atoms with Gasteiger partial charge in [0, 0.05) is 19.5 Å². The van der Waals surface area contributed by atoms with Gasteiger partial charge in [-0.1, -0.05) is 31.5 Å². The van der Waals surface area contributed by atoms with Gasteiger partial charge in [-0.25, -0.2) is 4.79 Å².